The average Bonchev–Trinajstić information content (AvgIpc) is 2.78. The standard InChI is InChI=1S/C17H20FN3O2/c1-2-8-19-16(22)13-20-9-5-10-21(12-11-20)17(23)14-6-3-4-7-15(14)18/h1,3-4,6-7H,5,8-13H2,(H,19,22). The third-order valence-electron chi connectivity index (χ3n) is 3.73. The Morgan fingerprint density at radius 2 is 2.00 bits per heavy atom. The molecule has 5 nitrogen and oxygen atoms in total. The maximum absolute atomic E-state index is 13.7. The molecule has 0 atom stereocenters. The Labute approximate surface area is 135 Å². The van der Waals surface area contributed by atoms with Crippen LogP contribution in [0.4, 0.5) is 4.39 Å². The molecule has 2 amide bonds. The summed E-state index contributed by atoms with van der Waals surface area (Å²) >= 11 is 0. The fourth-order valence-electron chi connectivity index (χ4n) is 2.55. The second-order valence-corrected chi connectivity index (χ2v) is 5.38. The minimum absolute atomic E-state index is 0.0905. The molecule has 0 aromatic heterocycles. The smallest absolute Gasteiger partial charge is 0.256 e. The quantitative estimate of drug-likeness (QED) is 0.833. The summed E-state index contributed by atoms with van der Waals surface area (Å²) in [5.74, 6) is 1.42. The van der Waals surface area contributed by atoms with Gasteiger partial charge in [0.1, 0.15) is 5.82 Å². The van der Waals surface area contributed by atoms with Crippen molar-refractivity contribution in [2.45, 2.75) is 6.42 Å². The van der Waals surface area contributed by atoms with Gasteiger partial charge in [-0.1, -0.05) is 18.1 Å². The number of carbonyl (C=O) groups excluding carboxylic acids is 2. The van der Waals surface area contributed by atoms with Crippen molar-refractivity contribution in [2.75, 3.05) is 39.3 Å². The van der Waals surface area contributed by atoms with Crippen LogP contribution in [0.25, 0.3) is 0 Å². The topological polar surface area (TPSA) is 52.7 Å². The van der Waals surface area contributed by atoms with Crippen molar-refractivity contribution in [1.82, 2.24) is 15.1 Å². The molecular formula is C17H20FN3O2. The number of hydrogen-bond acceptors (Lipinski definition) is 3. The Kier molecular flexibility index (Phi) is 6.12. The van der Waals surface area contributed by atoms with Crippen LogP contribution in [-0.2, 0) is 4.79 Å². The van der Waals surface area contributed by atoms with E-state index in [1.807, 2.05) is 4.90 Å². The molecule has 122 valence electrons. The van der Waals surface area contributed by atoms with Crippen molar-refractivity contribution >= 4 is 11.8 Å². The van der Waals surface area contributed by atoms with Crippen molar-refractivity contribution in [3.05, 3.63) is 35.6 Å². The first-order valence-corrected chi connectivity index (χ1v) is 7.58. The highest BCUT2D eigenvalue weighted by Gasteiger charge is 2.22. The number of rotatable bonds is 4. The summed E-state index contributed by atoms with van der Waals surface area (Å²) in [6.45, 7) is 2.77. The molecule has 23 heavy (non-hydrogen) atoms. The van der Waals surface area contributed by atoms with Gasteiger partial charge in [-0.25, -0.2) is 4.39 Å². The maximum Gasteiger partial charge on any atom is 0.256 e. The second-order valence-electron chi connectivity index (χ2n) is 5.38. The van der Waals surface area contributed by atoms with Crippen molar-refractivity contribution in [1.29, 1.82) is 0 Å². The summed E-state index contributed by atoms with van der Waals surface area (Å²) in [5.41, 5.74) is 0.0905. The minimum Gasteiger partial charge on any atom is -0.344 e. The molecule has 6 heteroatoms. The van der Waals surface area contributed by atoms with Gasteiger partial charge in [0.25, 0.3) is 5.91 Å². The van der Waals surface area contributed by atoms with Crippen LogP contribution < -0.4 is 5.32 Å². The number of carbonyl (C=O) groups is 2. The Morgan fingerprint density at radius 1 is 1.22 bits per heavy atom. The van der Waals surface area contributed by atoms with Crippen molar-refractivity contribution < 1.29 is 14.0 Å². The van der Waals surface area contributed by atoms with Gasteiger partial charge in [-0.05, 0) is 18.6 Å². The molecule has 2 rings (SSSR count). The van der Waals surface area contributed by atoms with E-state index in [-0.39, 0.29) is 30.5 Å². The predicted octanol–water partition coefficient (Wildman–Crippen LogP) is 0.723. The van der Waals surface area contributed by atoms with Crippen molar-refractivity contribution in [2.24, 2.45) is 0 Å². The summed E-state index contributed by atoms with van der Waals surface area (Å²) in [6, 6.07) is 5.99. The maximum atomic E-state index is 13.7. The monoisotopic (exact) mass is 317 g/mol. The van der Waals surface area contributed by atoms with E-state index in [0.29, 0.717) is 26.2 Å². The molecule has 1 fully saturated rings. The summed E-state index contributed by atoms with van der Waals surface area (Å²) in [4.78, 5) is 27.7. The Balaban J connectivity index is 1.91. The van der Waals surface area contributed by atoms with Gasteiger partial charge in [0.15, 0.2) is 0 Å². The molecule has 0 spiro atoms. The van der Waals surface area contributed by atoms with Crippen LogP contribution in [-0.4, -0.2) is 60.9 Å². The summed E-state index contributed by atoms with van der Waals surface area (Å²) in [6.07, 6.45) is 5.84. The van der Waals surface area contributed by atoms with Gasteiger partial charge in [-0.2, -0.15) is 0 Å². The van der Waals surface area contributed by atoms with E-state index in [1.165, 1.54) is 12.1 Å². The van der Waals surface area contributed by atoms with Crippen LogP contribution >= 0.6 is 0 Å². The number of halogens is 1. The molecule has 0 bridgehead atoms. The van der Waals surface area contributed by atoms with Gasteiger partial charge in [0.2, 0.25) is 5.91 Å². The summed E-state index contributed by atoms with van der Waals surface area (Å²) in [7, 11) is 0. The van der Waals surface area contributed by atoms with Crippen LogP contribution in [0.2, 0.25) is 0 Å². The lowest BCUT2D eigenvalue weighted by Crippen LogP contribution is -2.40. The van der Waals surface area contributed by atoms with Crippen LogP contribution in [0, 0.1) is 18.2 Å². The number of hydrogen-bond donors (Lipinski definition) is 1. The van der Waals surface area contributed by atoms with Crippen LogP contribution in [0.3, 0.4) is 0 Å². The lowest BCUT2D eigenvalue weighted by Gasteiger charge is -2.22. The molecule has 1 aliphatic heterocycles. The minimum atomic E-state index is -0.507. The molecule has 0 saturated carbocycles. The third kappa shape index (κ3) is 4.80. The van der Waals surface area contributed by atoms with Crippen LogP contribution in [0.5, 0.6) is 0 Å². The fourth-order valence-corrected chi connectivity index (χ4v) is 2.55. The van der Waals surface area contributed by atoms with Gasteiger partial charge in [0.05, 0.1) is 18.7 Å². The number of amides is 2. The zero-order valence-corrected chi connectivity index (χ0v) is 12.9. The highest BCUT2D eigenvalue weighted by molar-refractivity contribution is 5.94. The average molecular weight is 317 g/mol. The molecule has 1 saturated heterocycles. The van der Waals surface area contributed by atoms with Crippen molar-refractivity contribution in [3.63, 3.8) is 0 Å². The molecular weight excluding hydrogens is 297 g/mol. The Bertz CT molecular complexity index is 612. The van der Waals surface area contributed by atoms with Crippen LogP contribution in [0.1, 0.15) is 16.8 Å². The van der Waals surface area contributed by atoms with Crippen molar-refractivity contribution in [3.8, 4) is 12.3 Å². The van der Waals surface area contributed by atoms with E-state index in [4.69, 9.17) is 6.42 Å². The van der Waals surface area contributed by atoms with E-state index >= 15 is 0 Å². The normalized spacial score (nSPS) is 15.6. The van der Waals surface area contributed by atoms with E-state index in [9.17, 15) is 14.0 Å². The largest absolute Gasteiger partial charge is 0.344 e. The van der Waals surface area contributed by atoms with E-state index in [2.05, 4.69) is 11.2 Å². The SMILES string of the molecule is C#CCNC(=O)CN1CCCN(C(=O)c2ccccc2F)CC1. The highest BCUT2D eigenvalue weighted by atomic mass is 19.1. The second kappa shape index (κ2) is 8.30. The van der Waals surface area contributed by atoms with E-state index < -0.39 is 5.82 Å². The highest BCUT2D eigenvalue weighted by Crippen LogP contribution is 2.12. The predicted molar refractivity (Wildman–Crippen MR) is 85.2 cm³/mol. The zero-order valence-electron chi connectivity index (χ0n) is 12.9. The van der Waals surface area contributed by atoms with E-state index in [0.717, 1.165) is 6.42 Å². The summed E-state index contributed by atoms with van der Waals surface area (Å²) in [5, 5.41) is 2.62. The van der Waals surface area contributed by atoms with Gasteiger partial charge in [0, 0.05) is 26.2 Å². The molecule has 0 radical (unpaired) electrons. The third-order valence-corrected chi connectivity index (χ3v) is 3.73. The molecule has 0 aliphatic carbocycles. The molecule has 0 unspecified atom stereocenters. The number of terminal acetylenes is 1. The zero-order chi connectivity index (χ0) is 16.7. The molecule has 1 aliphatic rings. The summed E-state index contributed by atoms with van der Waals surface area (Å²) < 4.78 is 13.7. The molecule has 1 aromatic carbocycles. The van der Waals surface area contributed by atoms with Gasteiger partial charge in [-0.15, -0.1) is 6.42 Å². The van der Waals surface area contributed by atoms with Crippen LogP contribution in [0.15, 0.2) is 24.3 Å². The number of nitrogens with one attached hydrogen (secondary N) is 1. The molecule has 1 heterocycles. The first kappa shape index (κ1) is 17.0. The lowest BCUT2D eigenvalue weighted by atomic mass is 10.2. The van der Waals surface area contributed by atoms with Gasteiger partial charge in [-0.3, -0.25) is 14.5 Å². The Morgan fingerprint density at radius 3 is 2.74 bits per heavy atom. The Hall–Kier alpha value is -2.39. The van der Waals surface area contributed by atoms with Gasteiger partial charge >= 0.3 is 0 Å². The van der Waals surface area contributed by atoms with E-state index in [1.54, 1.807) is 17.0 Å². The number of nitrogens with zero attached hydrogens (tertiary/aromatic N) is 2. The van der Waals surface area contributed by atoms with Gasteiger partial charge < -0.3 is 10.2 Å². The fraction of sp³-hybridized carbons (Fsp3) is 0.412. The first-order valence-electron chi connectivity index (χ1n) is 7.58. The molecule has 1 N–H and O–H groups in total. The molecule has 1 aromatic rings. The first-order chi connectivity index (χ1) is 11.1. The number of benzene rings is 1. The lowest BCUT2D eigenvalue weighted by molar-refractivity contribution is -0.121.